The van der Waals surface area contributed by atoms with E-state index in [9.17, 15) is 0 Å². The van der Waals surface area contributed by atoms with Gasteiger partial charge < -0.3 is 11.1 Å². The summed E-state index contributed by atoms with van der Waals surface area (Å²) >= 11 is 8.66. The van der Waals surface area contributed by atoms with E-state index in [0.717, 1.165) is 21.2 Å². The van der Waals surface area contributed by atoms with Crippen LogP contribution in [0.3, 0.4) is 0 Å². The zero-order chi connectivity index (χ0) is 11.3. The number of halogens is 2. The Morgan fingerprint density at radius 1 is 1.60 bits per heavy atom. The summed E-state index contributed by atoms with van der Waals surface area (Å²) in [6.45, 7) is 5.21. The highest BCUT2D eigenvalue weighted by molar-refractivity contribution is 9.13. The highest BCUT2D eigenvalue weighted by Crippen LogP contribution is 2.35. The van der Waals surface area contributed by atoms with E-state index >= 15 is 0 Å². The Balaban J connectivity index is 2.61. The summed E-state index contributed by atoms with van der Waals surface area (Å²) in [5.74, 6) is 0. The van der Waals surface area contributed by atoms with Crippen molar-refractivity contribution < 1.29 is 0 Å². The molecule has 0 spiro atoms. The van der Waals surface area contributed by atoms with Crippen LogP contribution in [-0.2, 0) is 0 Å². The molecule has 1 rings (SSSR count). The van der Waals surface area contributed by atoms with E-state index in [-0.39, 0.29) is 6.04 Å². The largest absolute Gasteiger partial charge is 0.329 e. The van der Waals surface area contributed by atoms with Gasteiger partial charge in [0.05, 0.1) is 9.83 Å². The first-order chi connectivity index (χ1) is 7.19. The van der Waals surface area contributed by atoms with Gasteiger partial charge in [0.15, 0.2) is 0 Å². The summed E-state index contributed by atoms with van der Waals surface area (Å²) in [4.78, 5) is 1.25. The zero-order valence-electron chi connectivity index (χ0n) is 8.30. The molecule has 84 valence electrons. The Morgan fingerprint density at radius 2 is 2.33 bits per heavy atom. The van der Waals surface area contributed by atoms with Crippen LogP contribution in [0.5, 0.6) is 0 Å². The van der Waals surface area contributed by atoms with Gasteiger partial charge in [0.25, 0.3) is 0 Å². The third-order valence-electron chi connectivity index (χ3n) is 1.98. The highest BCUT2D eigenvalue weighted by Gasteiger charge is 2.13. The highest BCUT2D eigenvalue weighted by atomic mass is 79.9. The minimum atomic E-state index is 0.234. The van der Waals surface area contributed by atoms with Gasteiger partial charge in [-0.15, -0.1) is 17.9 Å². The van der Waals surface area contributed by atoms with Crippen molar-refractivity contribution in [2.24, 2.45) is 5.73 Å². The fraction of sp³-hybridized carbons (Fsp3) is 0.400. The molecule has 1 heterocycles. The van der Waals surface area contributed by atoms with Crippen LogP contribution >= 0.6 is 43.2 Å². The third kappa shape index (κ3) is 4.00. The summed E-state index contributed by atoms with van der Waals surface area (Å²) in [5, 5.41) is 3.40. The van der Waals surface area contributed by atoms with Crippen LogP contribution in [0.4, 0.5) is 0 Å². The molecule has 1 atom stereocenters. The van der Waals surface area contributed by atoms with E-state index < -0.39 is 0 Å². The van der Waals surface area contributed by atoms with E-state index in [4.69, 9.17) is 5.73 Å². The van der Waals surface area contributed by atoms with Gasteiger partial charge in [-0.2, -0.15) is 0 Å². The maximum absolute atomic E-state index is 5.73. The van der Waals surface area contributed by atoms with Crippen molar-refractivity contribution in [3.8, 4) is 0 Å². The van der Waals surface area contributed by atoms with Crippen LogP contribution < -0.4 is 11.1 Å². The maximum atomic E-state index is 5.73. The fourth-order valence-corrected chi connectivity index (χ4v) is 3.37. The van der Waals surface area contributed by atoms with Crippen molar-refractivity contribution in [1.82, 2.24) is 5.32 Å². The topological polar surface area (TPSA) is 38.0 Å². The number of hydrogen-bond acceptors (Lipinski definition) is 3. The van der Waals surface area contributed by atoms with Crippen LogP contribution in [0.15, 0.2) is 27.0 Å². The summed E-state index contributed by atoms with van der Waals surface area (Å²) in [7, 11) is 0. The Bertz CT molecular complexity index is 306. The predicted octanol–water partition coefficient (Wildman–Crippen LogP) is 3.44. The number of hydrogen-bond donors (Lipinski definition) is 2. The second kappa shape index (κ2) is 6.81. The molecule has 0 saturated carbocycles. The molecule has 0 aliphatic carbocycles. The fourth-order valence-electron chi connectivity index (χ4n) is 1.19. The van der Waals surface area contributed by atoms with E-state index in [1.807, 2.05) is 6.08 Å². The van der Waals surface area contributed by atoms with Crippen LogP contribution in [-0.4, -0.2) is 13.1 Å². The van der Waals surface area contributed by atoms with Gasteiger partial charge in [-0.05, 0) is 50.9 Å². The van der Waals surface area contributed by atoms with Crippen molar-refractivity contribution in [2.45, 2.75) is 12.5 Å². The molecule has 0 saturated heterocycles. The lowest BCUT2D eigenvalue weighted by Gasteiger charge is -2.14. The van der Waals surface area contributed by atoms with Gasteiger partial charge in [-0.25, -0.2) is 0 Å². The van der Waals surface area contributed by atoms with Crippen molar-refractivity contribution in [3.05, 3.63) is 31.9 Å². The minimum absolute atomic E-state index is 0.234. The standard InChI is InChI=1S/C10H14Br2N2S/c1-2-3-4-14-8(6-13)9-5-7(11)10(12)15-9/h2,5,8,14H,1,3-4,6,13H2. The average molecular weight is 354 g/mol. The predicted molar refractivity (Wildman–Crippen MR) is 74.3 cm³/mol. The molecule has 0 aromatic carbocycles. The molecule has 1 aromatic heterocycles. The van der Waals surface area contributed by atoms with Crippen molar-refractivity contribution >= 4 is 43.2 Å². The molecular formula is C10H14Br2N2S. The molecular weight excluding hydrogens is 340 g/mol. The van der Waals surface area contributed by atoms with Gasteiger partial charge in [0, 0.05) is 15.9 Å². The smallest absolute Gasteiger partial charge is 0.0843 e. The summed E-state index contributed by atoms with van der Waals surface area (Å²) < 4.78 is 2.20. The SMILES string of the molecule is C=CCCNC(CN)c1cc(Br)c(Br)s1. The number of thiophene rings is 1. The molecule has 2 nitrogen and oxygen atoms in total. The Morgan fingerprint density at radius 3 is 2.80 bits per heavy atom. The second-order valence-electron chi connectivity index (χ2n) is 3.09. The molecule has 5 heteroatoms. The quantitative estimate of drug-likeness (QED) is 0.607. The molecule has 1 unspecified atom stereocenters. The molecule has 0 fully saturated rings. The second-order valence-corrected chi connectivity index (χ2v) is 6.35. The van der Waals surface area contributed by atoms with Crippen LogP contribution in [0, 0.1) is 0 Å². The Kier molecular flexibility index (Phi) is 6.07. The van der Waals surface area contributed by atoms with Crippen LogP contribution in [0.1, 0.15) is 17.3 Å². The lowest BCUT2D eigenvalue weighted by Crippen LogP contribution is -2.28. The van der Waals surface area contributed by atoms with Crippen molar-refractivity contribution in [3.63, 3.8) is 0 Å². The number of rotatable bonds is 6. The molecule has 0 amide bonds. The number of nitrogens with one attached hydrogen (secondary N) is 1. The molecule has 0 bridgehead atoms. The first-order valence-electron chi connectivity index (χ1n) is 4.68. The van der Waals surface area contributed by atoms with Gasteiger partial charge in [-0.1, -0.05) is 6.08 Å². The molecule has 3 N–H and O–H groups in total. The van der Waals surface area contributed by atoms with Gasteiger partial charge in [0.1, 0.15) is 0 Å². The van der Waals surface area contributed by atoms with E-state index in [2.05, 4.69) is 49.8 Å². The van der Waals surface area contributed by atoms with Gasteiger partial charge in [0.2, 0.25) is 0 Å². The zero-order valence-corrected chi connectivity index (χ0v) is 12.3. The molecule has 1 aromatic rings. The first-order valence-corrected chi connectivity index (χ1v) is 7.08. The van der Waals surface area contributed by atoms with Crippen molar-refractivity contribution in [2.75, 3.05) is 13.1 Å². The Labute approximate surface area is 111 Å². The van der Waals surface area contributed by atoms with Crippen LogP contribution in [0.25, 0.3) is 0 Å². The monoisotopic (exact) mass is 352 g/mol. The van der Waals surface area contributed by atoms with Crippen molar-refractivity contribution in [1.29, 1.82) is 0 Å². The normalized spacial score (nSPS) is 12.7. The van der Waals surface area contributed by atoms with E-state index in [0.29, 0.717) is 6.54 Å². The molecule has 0 aliphatic heterocycles. The Hall–Kier alpha value is 0.320. The molecule has 15 heavy (non-hydrogen) atoms. The van der Waals surface area contributed by atoms with Gasteiger partial charge >= 0.3 is 0 Å². The average Bonchev–Trinajstić information content (AvgIpc) is 2.54. The molecule has 0 radical (unpaired) electrons. The third-order valence-corrected chi connectivity index (χ3v) is 5.35. The molecule has 0 aliphatic rings. The van der Waals surface area contributed by atoms with Crippen LogP contribution in [0.2, 0.25) is 0 Å². The lowest BCUT2D eigenvalue weighted by atomic mass is 10.2. The minimum Gasteiger partial charge on any atom is -0.329 e. The van der Waals surface area contributed by atoms with Gasteiger partial charge in [-0.3, -0.25) is 0 Å². The van der Waals surface area contributed by atoms with E-state index in [1.54, 1.807) is 11.3 Å². The summed E-state index contributed by atoms with van der Waals surface area (Å²) in [5.41, 5.74) is 5.73. The summed E-state index contributed by atoms with van der Waals surface area (Å²) in [6, 6.07) is 2.34. The first kappa shape index (κ1) is 13.4. The van der Waals surface area contributed by atoms with E-state index in [1.165, 1.54) is 4.88 Å². The lowest BCUT2D eigenvalue weighted by molar-refractivity contribution is 0.556. The maximum Gasteiger partial charge on any atom is 0.0843 e. The number of nitrogens with two attached hydrogens (primary N) is 1. The summed E-state index contributed by atoms with van der Waals surface area (Å²) in [6.07, 6.45) is 2.87.